The molecule has 0 unspecified atom stereocenters. The lowest BCUT2D eigenvalue weighted by Crippen LogP contribution is -2.01. The molecule has 0 aliphatic carbocycles. The summed E-state index contributed by atoms with van der Waals surface area (Å²) in [5.41, 5.74) is 8.23. The van der Waals surface area contributed by atoms with Crippen molar-refractivity contribution < 1.29 is 4.42 Å². The molecular formula is C15H14N10O. The second-order valence-corrected chi connectivity index (χ2v) is 5.12. The fourth-order valence-electron chi connectivity index (χ4n) is 2.27. The number of aromatic nitrogens is 8. The summed E-state index contributed by atoms with van der Waals surface area (Å²) in [6.07, 6.45) is 7.64. The smallest absolute Gasteiger partial charge is 0.182 e. The second-order valence-electron chi connectivity index (χ2n) is 5.12. The van der Waals surface area contributed by atoms with Gasteiger partial charge in [0, 0.05) is 0 Å². The Balaban J connectivity index is 0.000000144. The summed E-state index contributed by atoms with van der Waals surface area (Å²) >= 11 is 0. The highest BCUT2D eigenvalue weighted by atomic mass is 16.3. The van der Waals surface area contributed by atoms with E-state index in [-0.39, 0.29) is 0 Å². The second kappa shape index (κ2) is 6.84. The van der Waals surface area contributed by atoms with Gasteiger partial charge in [0.05, 0.1) is 25.5 Å². The largest absolute Gasteiger partial charge is 0.467 e. The van der Waals surface area contributed by atoms with Gasteiger partial charge in [0.15, 0.2) is 22.9 Å². The minimum absolute atomic E-state index is 0.433. The van der Waals surface area contributed by atoms with Crippen LogP contribution in [-0.2, 0) is 6.54 Å². The molecule has 0 aliphatic rings. The Labute approximate surface area is 146 Å². The van der Waals surface area contributed by atoms with Crippen LogP contribution in [0.1, 0.15) is 5.76 Å². The third-order valence-electron chi connectivity index (χ3n) is 3.49. The van der Waals surface area contributed by atoms with Crippen molar-refractivity contribution in [2.45, 2.75) is 6.54 Å². The van der Waals surface area contributed by atoms with Crippen LogP contribution in [0, 0.1) is 0 Å². The van der Waals surface area contributed by atoms with Gasteiger partial charge in [0.25, 0.3) is 0 Å². The highest BCUT2D eigenvalue weighted by Crippen LogP contribution is 2.15. The zero-order valence-corrected chi connectivity index (χ0v) is 13.4. The number of nitrogens with zero attached hydrogens (tertiary/aromatic N) is 6. The van der Waals surface area contributed by atoms with E-state index in [0.717, 1.165) is 17.1 Å². The predicted molar refractivity (Wildman–Crippen MR) is 93.8 cm³/mol. The molecule has 0 atom stereocenters. The Morgan fingerprint density at radius 1 is 0.923 bits per heavy atom. The lowest BCUT2D eigenvalue weighted by atomic mass is 10.4. The number of nitrogens with one attached hydrogen (secondary N) is 3. The molecule has 5 rings (SSSR count). The average molecular weight is 350 g/mol. The number of nitrogens with two attached hydrogens (primary N) is 1. The van der Waals surface area contributed by atoms with Crippen molar-refractivity contribution in [1.29, 1.82) is 0 Å². The standard InChI is InChI=1S/C10H9N5O.C5H5N5/c1-2-7(16-3-1)4-11-9-8-10(13-5-12-8)15-6-14-9;6-4-3-5(9-1-7-3)10-2-8-4/h1-3,5-6H,4H2,(H2,11,12,13,14,15);1-2H,(H3,6,7,8,9,10). The quantitative estimate of drug-likeness (QED) is 0.378. The van der Waals surface area contributed by atoms with Crippen LogP contribution in [0.3, 0.4) is 0 Å². The fourth-order valence-corrected chi connectivity index (χ4v) is 2.27. The number of rotatable bonds is 3. The van der Waals surface area contributed by atoms with Gasteiger partial charge in [-0.05, 0) is 12.1 Å². The maximum atomic E-state index is 5.48. The number of hydrogen-bond donors (Lipinski definition) is 4. The number of hydrogen-bond acceptors (Lipinski definition) is 9. The molecule has 11 heteroatoms. The third kappa shape index (κ3) is 3.13. The summed E-state index contributed by atoms with van der Waals surface area (Å²) in [7, 11) is 0. The van der Waals surface area contributed by atoms with E-state index in [2.05, 4.69) is 45.2 Å². The monoisotopic (exact) mass is 350 g/mol. The van der Waals surface area contributed by atoms with Crippen molar-refractivity contribution in [3.05, 3.63) is 49.5 Å². The summed E-state index contributed by atoms with van der Waals surface area (Å²) in [5, 5.41) is 3.16. The first kappa shape index (κ1) is 15.5. The van der Waals surface area contributed by atoms with Gasteiger partial charge in [-0.15, -0.1) is 0 Å². The van der Waals surface area contributed by atoms with Crippen LogP contribution >= 0.6 is 0 Å². The van der Waals surface area contributed by atoms with Crippen molar-refractivity contribution >= 4 is 34.0 Å². The third-order valence-corrected chi connectivity index (χ3v) is 3.49. The van der Waals surface area contributed by atoms with E-state index in [1.54, 1.807) is 12.6 Å². The number of anilines is 2. The number of aromatic amines is 2. The maximum absolute atomic E-state index is 5.48. The number of fused-ring (bicyclic) bond motifs is 2. The number of H-pyrrole nitrogens is 2. The van der Waals surface area contributed by atoms with Crippen LogP contribution in [0.5, 0.6) is 0 Å². The van der Waals surface area contributed by atoms with Gasteiger partial charge >= 0.3 is 0 Å². The van der Waals surface area contributed by atoms with Crippen LogP contribution in [0.2, 0.25) is 0 Å². The number of imidazole rings is 2. The molecule has 0 saturated carbocycles. The van der Waals surface area contributed by atoms with Crippen molar-refractivity contribution in [2.24, 2.45) is 0 Å². The first-order valence-electron chi connectivity index (χ1n) is 7.61. The molecule has 0 aliphatic heterocycles. The fraction of sp³-hybridized carbons (Fsp3) is 0.0667. The Morgan fingerprint density at radius 2 is 1.65 bits per heavy atom. The van der Waals surface area contributed by atoms with Crippen LogP contribution in [0.25, 0.3) is 22.3 Å². The van der Waals surface area contributed by atoms with Crippen LogP contribution in [-0.4, -0.2) is 39.9 Å². The molecule has 130 valence electrons. The van der Waals surface area contributed by atoms with Crippen molar-refractivity contribution in [2.75, 3.05) is 11.1 Å². The molecule has 0 saturated heterocycles. The molecule has 5 aromatic rings. The van der Waals surface area contributed by atoms with E-state index in [0.29, 0.717) is 29.2 Å². The summed E-state index contributed by atoms with van der Waals surface area (Å²) < 4.78 is 5.22. The van der Waals surface area contributed by atoms with Crippen molar-refractivity contribution in [3.63, 3.8) is 0 Å². The van der Waals surface area contributed by atoms with Gasteiger partial charge < -0.3 is 25.4 Å². The average Bonchev–Trinajstić information content (AvgIpc) is 3.40. The first-order valence-corrected chi connectivity index (χ1v) is 7.61. The van der Waals surface area contributed by atoms with Gasteiger partial charge in [-0.25, -0.2) is 29.9 Å². The topological polar surface area (TPSA) is 160 Å². The normalized spacial score (nSPS) is 10.6. The lowest BCUT2D eigenvalue weighted by Gasteiger charge is -2.03. The maximum Gasteiger partial charge on any atom is 0.182 e. The van der Waals surface area contributed by atoms with E-state index in [1.807, 2.05) is 12.1 Å². The van der Waals surface area contributed by atoms with Crippen LogP contribution in [0.15, 0.2) is 48.1 Å². The highest BCUT2D eigenvalue weighted by Gasteiger charge is 2.05. The Hall–Kier alpha value is -4.02. The molecule has 0 aromatic carbocycles. The van der Waals surface area contributed by atoms with Gasteiger partial charge in [0.2, 0.25) is 0 Å². The molecular weight excluding hydrogens is 336 g/mol. The van der Waals surface area contributed by atoms with E-state index in [9.17, 15) is 0 Å². The van der Waals surface area contributed by atoms with Crippen LogP contribution in [0.4, 0.5) is 11.6 Å². The van der Waals surface area contributed by atoms with Gasteiger partial charge in [-0.2, -0.15) is 0 Å². The molecule has 11 nitrogen and oxygen atoms in total. The van der Waals surface area contributed by atoms with E-state index in [4.69, 9.17) is 10.2 Å². The predicted octanol–water partition coefficient (Wildman–Crippen LogP) is 1.49. The molecule has 0 fully saturated rings. The van der Waals surface area contributed by atoms with E-state index >= 15 is 0 Å². The van der Waals surface area contributed by atoms with E-state index in [1.165, 1.54) is 19.0 Å². The van der Waals surface area contributed by atoms with E-state index < -0.39 is 0 Å². The van der Waals surface area contributed by atoms with Gasteiger partial charge in [-0.3, -0.25) is 0 Å². The van der Waals surface area contributed by atoms with Gasteiger partial charge in [-0.1, -0.05) is 0 Å². The molecule has 26 heavy (non-hydrogen) atoms. The van der Waals surface area contributed by atoms with Crippen LogP contribution < -0.4 is 11.1 Å². The highest BCUT2D eigenvalue weighted by molar-refractivity contribution is 5.82. The molecule has 0 bridgehead atoms. The lowest BCUT2D eigenvalue weighted by molar-refractivity contribution is 0.518. The minimum atomic E-state index is 0.433. The minimum Gasteiger partial charge on any atom is -0.467 e. The Morgan fingerprint density at radius 3 is 2.38 bits per heavy atom. The number of nitrogen functional groups attached to an aromatic ring is 1. The SMILES string of the molecule is Nc1ncnc2nc[nH]c12.c1coc(CNc2ncnc3nc[nH]c23)c1. The first-order chi connectivity index (χ1) is 12.8. The Kier molecular flexibility index (Phi) is 4.08. The zero-order chi connectivity index (χ0) is 17.8. The molecule has 0 spiro atoms. The van der Waals surface area contributed by atoms with Crippen molar-refractivity contribution in [3.8, 4) is 0 Å². The summed E-state index contributed by atoms with van der Waals surface area (Å²) in [5.74, 6) is 2.01. The number of furan rings is 1. The van der Waals surface area contributed by atoms with Crippen molar-refractivity contribution in [1.82, 2.24) is 39.9 Å². The zero-order valence-electron chi connectivity index (χ0n) is 13.4. The summed E-state index contributed by atoms with van der Waals surface area (Å²) in [4.78, 5) is 29.6. The van der Waals surface area contributed by atoms with Gasteiger partial charge in [0.1, 0.15) is 29.4 Å². The molecule has 0 amide bonds. The molecule has 0 radical (unpaired) electrons. The Bertz CT molecular complexity index is 1110. The molecule has 5 N–H and O–H groups in total. The summed E-state index contributed by atoms with van der Waals surface area (Å²) in [6.45, 7) is 0.581. The molecule has 5 aromatic heterocycles. The molecule has 5 heterocycles. The summed E-state index contributed by atoms with van der Waals surface area (Å²) in [6, 6.07) is 3.75.